The standard InChI is InChI=1S/C15H16BrNO/c1-11(17)14-4-2-3-5-15(14)18-10-12-6-8-13(16)9-7-12/h2-9,11H,10,17H2,1H3/t11-/m0/s1. The van der Waals surface area contributed by atoms with Gasteiger partial charge in [-0.15, -0.1) is 0 Å². The van der Waals surface area contributed by atoms with Crippen molar-refractivity contribution in [1.29, 1.82) is 0 Å². The molecule has 0 aromatic heterocycles. The van der Waals surface area contributed by atoms with E-state index < -0.39 is 0 Å². The molecule has 0 radical (unpaired) electrons. The number of hydrogen-bond donors (Lipinski definition) is 1. The highest BCUT2D eigenvalue weighted by Gasteiger charge is 2.06. The minimum atomic E-state index is -0.0221. The molecule has 3 heteroatoms. The third-order valence-electron chi connectivity index (χ3n) is 2.72. The lowest BCUT2D eigenvalue weighted by molar-refractivity contribution is 0.301. The van der Waals surface area contributed by atoms with Crippen LogP contribution >= 0.6 is 15.9 Å². The Balaban J connectivity index is 2.08. The van der Waals surface area contributed by atoms with Gasteiger partial charge < -0.3 is 10.5 Å². The zero-order valence-corrected chi connectivity index (χ0v) is 11.9. The summed E-state index contributed by atoms with van der Waals surface area (Å²) < 4.78 is 6.90. The van der Waals surface area contributed by atoms with E-state index in [1.807, 2.05) is 55.5 Å². The van der Waals surface area contributed by atoms with Gasteiger partial charge in [0.05, 0.1) is 0 Å². The Morgan fingerprint density at radius 3 is 2.44 bits per heavy atom. The van der Waals surface area contributed by atoms with Crippen LogP contribution in [0, 0.1) is 0 Å². The monoisotopic (exact) mass is 305 g/mol. The molecule has 2 aromatic carbocycles. The Morgan fingerprint density at radius 2 is 1.78 bits per heavy atom. The summed E-state index contributed by atoms with van der Waals surface area (Å²) in [5.74, 6) is 0.857. The smallest absolute Gasteiger partial charge is 0.124 e. The van der Waals surface area contributed by atoms with Gasteiger partial charge in [0.2, 0.25) is 0 Å². The maximum Gasteiger partial charge on any atom is 0.124 e. The molecule has 0 aliphatic rings. The van der Waals surface area contributed by atoms with Gasteiger partial charge >= 0.3 is 0 Å². The number of nitrogens with two attached hydrogens (primary N) is 1. The average Bonchev–Trinajstić information content (AvgIpc) is 2.38. The molecule has 1 atom stereocenters. The Morgan fingerprint density at radius 1 is 1.11 bits per heavy atom. The third-order valence-corrected chi connectivity index (χ3v) is 3.25. The second-order valence-electron chi connectivity index (χ2n) is 4.24. The normalized spacial score (nSPS) is 12.2. The molecule has 0 aliphatic carbocycles. The van der Waals surface area contributed by atoms with Crippen LogP contribution in [-0.4, -0.2) is 0 Å². The van der Waals surface area contributed by atoms with E-state index in [1.165, 1.54) is 0 Å². The predicted molar refractivity (Wildman–Crippen MR) is 77.5 cm³/mol. The molecule has 0 heterocycles. The SMILES string of the molecule is C[C@H](N)c1ccccc1OCc1ccc(Br)cc1. The number of halogens is 1. The van der Waals surface area contributed by atoms with Gasteiger partial charge in [0.15, 0.2) is 0 Å². The first kappa shape index (κ1) is 13.1. The van der Waals surface area contributed by atoms with Crippen LogP contribution in [0.3, 0.4) is 0 Å². The largest absolute Gasteiger partial charge is 0.489 e. The van der Waals surface area contributed by atoms with E-state index in [0.29, 0.717) is 6.61 Å². The first-order chi connectivity index (χ1) is 8.66. The average molecular weight is 306 g/mol. The van der Waals surface area contributed by atoms with Crippen LogP contribution < -0.4 is 10.5 Å². The van der Waals surface area contributed by atoms with Crippen LogP contribution in [0.15, 0.2) is 53.0 Å². The molecule has 0 bridgehead atoms. The molecule has 94 valence electrons. The number of ether oxygens (including phenoxy) is 1. The van der Waals surface area contributed by atoms with Gasteiger partial charge in [0, 0.05) is 16.1 Å². The van der Waals surface area contributed by atoms with Crippen molar-refractivity contribution in [1.82, 2.24) is 0 Å². The van der Waals surface area contributed by atoms with Crippen LogP contribution in [0.2, 0.25) is 0 Å². The molecule has 2 aromatic rings. The molecule has 2 N–H and O–H groups in total. The quantitative estimate of drug-likeness (QED) is 0.925. The Kier molecular flexibility index (Phi) is 4.39. The summed E-state index contributed by atoms with van der Waals surface area (Å²) in [7, 11) is 0. The summed E-state index contributed by atoms with van der Waals surface area (Å²) >= 11 is 3.41. The number of hydrogen-bond acceptors (Lipinski definition) is 2. The number of rotatable bonds is 4. The maximum atomic E-state index is 5.92. The number of para-hydroxylation sites is 1. The van der Waals surface area contributed by atoms with Crippen LogP contribution in [-0.2, 0) is 6.61 Å². The van der Waals surface area contributed by atoms with E-state index in [4.69, 9.17) is 10.5 Å². The Hall–Kier alpha value is -1.32. The Labute approximate surface area is 116 Å². The molecule has 0 unspecified atom stereocenters. The first-order valence-corrected chi connectivity index (χ1v) is 6.68. The van der Waals surface area contributed by atoms with Gasteiger partial charge in [0.1, 0.15) is 12.4 Å². The van der Waals surface area contributed by atoms with Gasteiger partial charge in [0.25, 0.3) is 0 Å². The summed E-state index contributed by atoms with van der Waals surface area (Å²) in [6.07, 6.45) is 0. The van der Waals surface area contributed by atoms with E-state index >= 15 is 0 Å². The van der Waals surface area contributed by atoms with Crippen molar-refractivity contribution < 1.29 is 4.74 Å². The van der Waals surface area contributed by atoms with Gasteiger partial charge in [-0.25, -0.2) is 0 Å². The van der Waals surface area contributed by atoms with E-state index in [2.05, 4.69) is 15.9 Å². The number of benzene rings is 2. The summed E-state index contributed by atoms with van der Waals surface area (Å²) in [4.78, 5) is 0. The summed E-state index contributed by atoms with van der Waals surface area (Å²) in [5, 5.41) is 0. The van der Waals surface area contributed by atoms with Crippen molar-refractivity contribution in [3.8, 4) is 5.75 Å². The second kappa shape index (κ2) is 6.03. The molecular weight excluding hydrogens is 290 g/mol. The fourth-order valence-corrected chi connectivity index (χ4v) is 1.99. The molecule has 2 rings (SSSR count). The molecule has 0 aliphatic heterocycles. The molecule has 18 heavy (non-hydrogen) atoms. The minimum Gasteiger partial charge on any atom is -0.489 e. The molecule has 0 spiro atoms. The Bertz CT molecular complexity index is 508. The van der Waals surface area contributed by atoms with Crippen LogP contribution in [0.4, 0.5) is 0 Å². The van der Waals surface area contributed by atoms with E-state index in [9.17, 15) is 0 Å². The van der Waals surface area contributed by atoms with Crippen molar-refractivity contribution in [2.45, 2.75) is 19.6 Å². The molecule has 0 amide bonds. The van der Waals surface area contributed by atoms with Gasteiger partial charge in [-0.05, 0) is 30.7 Å². The van der Waals surface area contributed by atoms with E-state index in [1.54, 1.807) is 0 Å². The van der Waals surface area contributed by atoms with Crippen LogP contribution in [0.25, 0.3) is 0 Å². The topological polar surface area (TPSA) is 35.2 Å². The third kappa shape index (κ3) is 3.34. The second-order valence-corrected chi connectivity index (χ2v) is 5.16. The molecule has 0 fully saturated rings. The maximum absolute atomic E-state index is 5.92. The van der Waals surface area contributed by atoms with Gasteiger partial charge in [-0.3, -0.25) is 0 Å². The lowest BCUT2D eigenvalue weighted by Gasteiger charge is -2.13. The van der Waals surface area contributed by atoms with Crippen molar-refractivity contribution in [2.75, 3.05) is 0 Å². The highest BCUT2D eigenvalue weighted by Crippen LogP contribution is 2.24. The molecule has 0 saturated heterocycles. The lowest BCUT2D eigenvalue weighted by atomic mass is 10.1. The first-order valence-electron chi connectivity index (χ1n) is 5.88. The molecule has 2 nitrogen and oxygen atoms in total. The fraction of sp³-hybridized carbons (Fsp3) is 0.200. The lowest BCUT2D eigenvalue weighted by Crippen LogP contribution is -2.07. The van der Waals surface area contributed by atoms with Gasteiger partial charge in [-0.2, -0.15) is 0 Å². The van der Waals surface area contributed by atoms with Crippen molar-refractivity contribution in [3.05, 3.63) is 64.1 Å². The summed E-state index contributed by atoms with van der Waals surface area (Å²) in [5.41, 5.74) is 8.09. The minimum absolute atomic E-state index is 0.0221. The molecular formula is C15H16BrNO. The van der Waals surface area contributed by atoms with Gasteiger partial charge in [-0.1, -0.05) is 46.3 Å². The van der Waals surface area contributed by atoms with Crippen LogP contribution in [0.5, 0.6) is 5.75 Å². The zero-order chi connectivity index (χ0) is 13.0. The van der Waals surface area contributed by atoms with Crippen molar-refractivity contribution in [2.24, 2.45) is 5.73 Å². The fourth-order valence-electron chi connectivity index (χ4n) is 1.73. The summed E-state index contributed by atoms with van der Waals surface area (Å²) in [6.45, 7) is 2.51. The zero-order valence-electron chi connectivity index (χ0n) is 10.3. The van der Waals surface area contributed by atoms with Crippen molar-refractivity contribution in [3.63, 3.8) is 0 Å². The van der Waals surface area contributed by atoms with Crippen molar-refractivity contribution >= 4 is 15.9 Å². The van der Waals surface area contributed by atoms with Crippen LogP contribution in [0.1, 0.15) is 24.1 Å². The van der Waals surface area contributed by atoms with E-state index in [-0.39, 0.29) is 6.04 Å². The molecule has 0 saturated carbocycles. The predicted octanol–water partition coefficient (Wildman–Crippen LogP) is 4.05. The highest BCUT2D eigenvalue weighted by atomic mass is 79.9. The summed E-state index contributed by atoms with van der Waals surface area (Å²) in [6, 6.07) is 16.0. The van der Waals surface area contributed by atoms with E-state index in [0.717, 1.165) is 21.3 Å². The highest BCUT2D eigenvalue weighted by molar-refractivity contribution is 9.10.